The van der Waals surface area contributed by atoms with Crippen LogP contribution < -0.4 is 0 Å². The van der Waals surface area contributed by atoms with E-state index in [1.807, 2.05) is 159 Å². The lowest BCUT2D eigenvalue weighted by Gasteiger charge is -2.19. The number of hydrogen-bond donors (Lipinski definition) is 0. The zero-order chi connectivity index (χ0) is 95.0. The average Bonchev–Trinajstić information content (AvgIpc) is 1.55. The third-order valence-electron chi connectivity index (χ3n) is 25.4. The summed E-state index contributed by atoms with van der Waals surface area (Å²) in [5, 5.41) is 14.2. The lowest BCUT2D eigenvalue weighted by molar-refractivity contribution is 0.587. The van der Waals surface area contributed by atoms with Gasteiger partial charge in [-0.15, -0.1) is 159 Å². The van der Waals surface area contributed by atoms with Gasteiger partial charge < -0.3 is 0 Å². The fourth-order valence-electron chi connectivity index (χ4n) is 19.9. The Hall–Kier alpha value is -5.90. The Kier molecular flexibility index (Phi) is 25.5. The highest BCUT2D eigenvalue weighted by molar-refractivity contribution is 7.26. The van der Waals surface area contributed by atoms with E-state index in [1.54, 1.807) is 0 Å². The number of thiazole rings is 2. The van der Waals surface area contributed by atoms with Crippen molar-refractivity contribution in [3.63, 3.8) is 0 Å². The van der Waals surface area contributed by atoms with E-state index < -0.39 is 0 Å². The molecular weight excluding hydrogens is 1850 g/mol. The van der Waals surface area contributed by atoms with E-state index >= 15 is 0 Å². The summed E-state index contributed by atoms with van der Waals surface area (Å²) in [5.74, 6) is 0. The average molecular weight is 1980 g/mol. The minimum Gasteiger partial charge on any atom is -0.240 e. The summed E-state index contributed by atoms with van der Waals surface area (Å²) in [6.07, 6.45) is 0. The van der Waals surface area contributed by atoms with Gasteiger partial charge in [-0.25, -0.2) is 9.97 Å². The highest BCUT2D eigenvalue weighted by Crippen LogP contribution is 2.61. The maximum absolute atomic E-state index is 5.29. The molecule has 0 saturated heterocycles. The maximum Gasteiger partial charge on any atom is 0.0992 e. The molecule has 0 aliphatic carbocycles. The topological polar surface area (TPSA) is 25.8 Å². The van der Waals surface area contributed by atoms with Crippen molar-refractivity contribution < 1.29 is 0 Å². The molecule has 0 bridgehead atoms. The van der Waals surface area contributed by atoms with Gasteiger partial charge in [0.1, 0.15) is 0 Å². The van der Waals surface area contributed by atoms with Crippen LogP contribution in [0.1, 0.15) is 290 Å². The molecule has 130 heavy (non-hydrogen) atoms. The van der Waals surface area contributed by atoms with Crippen molar-refractivity contribution in [3.05, 3.63) is 197 Å². The summed E-state index contributed by atoms with van der Waals surface area (Å²) >= 11 is 27.4. The van der Waals surface area contributed by atoms with Crippen LogP contribution in [0.25, 0.3) is 154 Å². The minimum atomic E-state index is 0.00633. The molecule has 19 rings (SSSR count). The lowest BCUT2D eigenvalue weighted by Crippen LogP contribution is -2.10. The van der Waals surface area contributed by atoms with Gasteiger partial charge in [-0.3, -0.25) is 0 Å². The molecule has 14 heterocycles. The van der Waals surface area contributed by atoms with Gasteiger partial charge in [-0.05, 0) is 272 Å². The van der Waals surface area contributed by atoms with E-state index in [9.17, 15) is 0 Å². The van der Waals surface area contributed by atoms with Crippen molar-refractivity contribution in [1.29, 1.82) is 0 Å². The number of benzene rings is 5. The quantitative estimate of drug-likeness (QED) is 0.166. The van der Waals surface area contributed by atoms with Gasteiger partial charge in [0.15, 0.2) is 0 Å². The SMILES string of the molecule is Cc1c(C(C)(C)C)sc2c(C)c3c(C)c(C(C)(C)C)sc3c(C)c12.Cc1ccc(-c2c(C)c3c4sc(C(C)(C)C)c(C)c4c(-c4ccc(C)s4)c(C)c3c3sc(C(C)(C)C)c(C)c23)s1.Cc1ccc(-c2c3nc(C(C)(C)C)sc3c(-c3ccc(C)s3)c3nc(C(C)(C)C)sc23)s1.Cc1ccc(-c2c3sc(C(C)(C)C)c(C)c3c(-c3ccc(C)s3)c3sc(C(C)(C)C)c(C)c23)s1. The fraction of sp³-hybridized carbons (Fsp3) is 0.421. The number of rotatable bonds is 6. The molecule has 0 saturated carbocycles. The summed E-state index contributed by atoms with van der Waals surface area (Å²) in [6.45, 7) is 92.8. The Labute approximate surface area is 831 Å². The molecule has 0 atom stereocenters. The zero-order valence-corrected chi connectivity index (χ0v) is 96.0. The van der Waals surface area contributed by atoms with Crippen molar-refractivity contribution in [2.24, 2.45) is 0 Å². The normalized spacial score (nSPS) is 13.1. The van der Waals surface area contributed by atoms with Crippen LogP contribution in [-0.2, 0) is 43.3 Å². The number of aryl methyl sites for hydroxylation is 16. The molecule has 0 amide bonds. The molecule has 682 valence electrons. The van der Waals surface area contributed by atoms with Crippen LogP contribution in [0.2, 0.25) is 0 Å². The van der Waals surface area contributed by atoms with Gasteiger partial charge in [-0.2, -0.15) is 0 Å². The molecule has 0 N–H and O–H groups in total. The Morgan fingerprint density at radius 1 is 0.162 bits per heavy atom. The number of aromatic nitrogens is 2. The standard InChI is InChI=1S/C36H40S4.C30H34S4.C26H28N2S4.C22H30S2/c1-17-13-15-23(37-17)25-19(3)27-28(31-29(25)21(5)33(39-31)35(7,8)9)20(4)26(24-16-14-18(2)38-24)30-22(6)34(36(10,11)12)40-32(27)30;1-15-11-13-19(31-15)23-21-17(3)27(29(5,6)7)34-26(21)24(20-14-12-16(2)32-20)22-18(4)28(30(8,9)10)33-25(22)23;1-13-9-11-15(29-13)17-19-22(32-23(27-19)25(3,4)5)18(16-12-10-14(2)30-16)20-21(17)31-24(28-20)26(6,7)8;1-11-15-13(3)19(21(5,6)7)24-18(15)12(2)16-14(4)20(22(8,9)10)23-17(11)16/h13-16H,1-12H3;11-14H,1-10H3;9-12H,1-8H3;1-10H3. The third-order valence-corrected chi connectivity index (χ3v) is 45.2. The molecule has 14 aromatic heterocycles. The second kappa shape index (κ2) is 34.1. The first-order chi connectivity index (χ1) is 60.2. The molecule has 19 aromatic rings. The molecule has 0 radical (unpaired) electrons. The van der Waals surface area contributed by atoms with E-state index in [0.29, 0.717) is 0 Å². The Morgan fingerprint density at radius 2 is 0.362 bits per heavy atom. The second-order valence-corrected chi connectivity index (χ2v) is 60.8. The van der Waals surface area contributed by atoms with Crippen molar-refractivity contribution >= 4 is 250 Å². The summed E-state index contributed by atoms with van der Waals surface area (Å²) in [7, 11) is 0. The van der Waals surface area contributed by atoms with Crippen LogP contribution in [0.3, 0.4) is 0 Å². The van der Waals surface area contributed by atoms with Gasteiger partial charge in [-0.1, -0.05) is 166 Å². The van der Waals surface area contributed by atoms with Crippen molar-refractivity contribution in [3.8, 4) is 62.6 Å². The summed E-state index contributed by atoms with van der Waals surface area (Å²) in [6, 6.07) is 27.5. The van der Waals surface area contributed by atoms with E-state index in [0.717, 1.165) is 11.0 Å². The maximum atomic E-state index is 5.29. The summed E-state index contributed by atoms with van der Waals surface area (Å²) in [4.78, 5) is 36.1. The fourth-order valence-corrected chi connectivity index (χ4v) is 36.8. The first-order valence-electron chi connectivity index (χ1n) is 45.8. The molecule has 0 unspecified atom stereocenters. The second-order valence-electron chi connectivity index (χ2n) is 44.9. The van der Waals surface area contributed by atoms with Crippen LogP contribution in [-0.4, -0.2) is 9.97 Å². The van der Waals surface area contributed by atoms with Gasteiger partial charge in [0.2, 0.25) is 0 Å². The van der Waals surface area contributed by atoms with E-state index in [1.165, 1.54) is 268 Å². The monoisotopic (exact) mass is 1980 g/mol. The van der Waals surface area contributed by atoms with E-state index in [4.69, 9.17) is 9.97 Å². The van der Waals surface area contributed by atoms with Crippen LogP contribution in [0.15, 0.2) is 72.8 Å². The molecule has 2 nitrogen and oxygen atoms in total. The Balaban J connectivity index is 0.000000129. The number of thiophene rings is 12. The van der Waals surface area contributed by atoms with Crippen LogP contribution in [0, 0.1) is 111 Å². The first kappa shape index (κ1) is 97.2. The molecule has 0 spiro atoms. The van der Waals surface area contributed by atoms with Gasteiger partial charge in [0, 0.05) is 203 Å². The van der Waals surface area contributed by atoms with Gasteiger partial charge in [0.05, 0.1) is 30.4 Å². The first-order valence-corrected chi connectivity index (χ1v) is 57.3. The Bertz CT molecular complexity index is 7220. The van der Waals surface area contributed by atoms with Crippen LogP contribution >= 0.6 is 159 Å². The number of nitrogens with zero attached hydrogens (tertiary/aromatic N) is 2. The van der Waals surface area contributed by atoms with Crippen molar-refractivity contribution in [2.75, 3.05) is 0 Å². The largest absolute Gasteiger partial charge is 0.240 e. The summed E-state index contributed by atoms with van der Waals surface area (Å²) < 4.78 is 11.4. The lowest BCUT2D eigenvalue weighted by atomic mass is 9.84. The number of fused-ring (bicyclic) bond motifs is 11. The molecule has 0 aliphatic rings. The predicted octanol–water partition coefficient (Wildman–Crippen LogP) is 42.1. The van der Waals surface area contributed by atoms with Crippen molar-refractivity contribution in [1.82, 2.24) is 9.97 Å². The number of hydrogen-bond acceptors (Lipinski definition) is 16. The highest BCUT2D eigenvalue weighted by Gasteiger charge is 2.38. The molecule has 5 aromatic carbocycles. The van der Waals surface area contributed by atoms with E-state index in [-0.39, 0.29) is 43.3 Å². The zero-order valence-electron chi connectivity index (χ0n) is 84.5. The third kappa shape index (κ3) is 17.0. The van der Waals surface area contributed by atoms with E-state index in [2.05, 4.69) is 350 Å². The van der Waals surface area contributed by atoms with Gasteiger partial charge >= 0.3 is 0 Å². The smallest absolute Gasteiger partial charge is 0.0992 e. The van der Waals surface area contributed by atoms with Crippen molar-refractivity contribution in [2.45, 2.75) is 320 Å². The van der Waals surface area contributed by atoms with Crippen LogP contribution in [0.4, 0.5) is 0 Å². The highest BCUT2D eigenvalue weighted by atomic mass is 32.1. The molecule has 0 fully saturated rings. The Morgan fingerprint density at radius 3 is 0.577 bits per heavy atom. The van der Waals surface area contributed by atoms with Gasteiger partial charge in [0.25, 0.3) is 0 Å². The van der Waals surface area contributed by atoms with Crippen LogP contribution in [0.5, 0.6) is 0 Å². The molecular formula is C114H132N2S14. The molecule has 0 aliphatic heterocycles. The minimum absolute atomic E-state index is 0.00633. The summed E-state index contributed by atoms with van der Waals surface area (Å²) in [5.41, 5.74) is 26.2. The molecule has 16 heteroatoms. The predicted molar refractivity (Wildman–Crippen MR) is 607 cm³/mol.